The van der Waals surface area contributed by atoms with E-state index in [9.17, 15) is 0 Å². The van der Waals surface area contributed by atoms with Crippen molar-refractivity contribution in [2.75, 3.05) is 33.2 Å². The first-order valence-corrected chi connectivity index (χ1v) is 8.22. The summed E-state index contributed by atoms with van der Waals surface area (Å²) in [5.74, 6) is 1.46. The summed E-state index contributed by atoms with van der Waals surface area (Å²) in [5, 5.41) is 3.44. The van der Waals surface area contributed by atoms with Crippen molar-refractivity contribution in [2.45, 2.75) is 31.1 Å². The zero-order chi connectivity index (χ0) is 13.2. The van der Waals surface area contributed by atoms with Gasteiger partial charge in [-0.15, -0.1) is 0 Å². The maximum absolute atomic E-state index is 3.81. The van der Waals surface area contributed by atoms with E-state index in [0.29, 0.717) is 5.92 Å². The number of hydrogen-bond donors (Lipinski definition) is 1. The first-order chi connectivity index (χ1) is 9.24. The summed E-state index contributed by atoms with van der Waals surface area (Å²) in [5.41, 5.74) is 3.02. The Morgan fingerprint density at radius 3 is 2.58 bits per heavy atom. The largest absolute Gasteiger partial charge is 0.317 e. The number of likely N-dealkylation sites (N-methyl/N-ethyl adjacent to an activating group) is 1. The van der Waals surface area contributed by atoms with Crippen LogP contribution in [-0.4, -0.2) is 38.1 Å². The van der Waals surface area contributed by atoms with Crippen LogP contribution in [-0.2, 0) is 0 Å². The van der Waals surface area contributed by atoms with E-state index >= 15 is 0 Å². The highest BCUT2D eigenvalue weighted by Crippen LogP contribution is 2.35. The van der Waals surface area contributed by atoms with E-state index in [4.69, 9.17) is 0 Å². The average Bonchev–Trinajstić information content (AvgIpc) is 2.86. The average molecular weight is 323 g/mol. The van der Waals surface area contributed by atoms with Gasteiger partial charge in [-0.05, 0) is 75.0 Å². The molecule has 104 valence electrons. The molecule has 1 atom stereocenters. The molecule has 2 nitrogen and oxygen atoms in total. The van der Waals surface area contributed by atoms with E-state index in [2.05, 4.69) is 51.4 Å². The van der Waals surface area contributed by atoms with Crippen LogP contribution in [0.5, 0.6) is 0 Å². The van der Waals surface area contributed by atoms with Gasteiger partial charge in [0.05, 0.1) is 0 Å². The summed E-state index contributed by atoms with van der Waals surface area (Å²) in [6.07, 6.45) is 3.84. The van der Waals surface area contributed by atoms with Crippen LogP contribution >= 0.6 is 15.9 Å². The molecule has 0 bridgehead atoms. The fourth-order valence-corrected chi connectivity index (χ4v) is 4.19. The molecule has 19 heavy (non-hydrogen) atoms. The van der Waals surface area contributed by atoms with Crippen LogP contribution < -0.4 is 5.32 Å². The Morgan fingerprint density at radius 2 is 1.95 bits per heavy atom. The van der Waals surface area contributed by atoms with Crippen LogP contribution in [0.3, 0.4) is 0 Å². The fourth-order valence-electron chi connectivity index (χ4n) is 3.47. The lowest BCUT2D eigenvalue weighted by Gasteiger charge is -2.24. The number of nitrogens with zero attached hydrogens (tertiary/aromatic N) is 1. The van der Waals surface area contributed by atoms with E-state index in [-0.39, 0.29) is 0 Å². The maximum Gasteiger partial charge on any atom is 0.0213 e. The fraction of sp³-hybridized carbons (Fsp3) is 0.625. The van der Waals surface area contributed by atoms with Gasteiger partial charge in [-0.2, -0.15) is 0 Å². The summed E-state index contributed by atoms with van der Waals surface area (Å²) >= 11 is 3.81. The van der Waals surface area contributed by atoms with Gasteiger partial charge in [-0.3, -0.25) is 0 Å². The molecule has 1 unspecified atom stereocenters. The Labute approximate surface area is 124 Å². The zero-order valence-electron chi connectivity index (χ0n) is 11.7. The SMILES string of the molecule is CN1CCC(c2ccc(C3CCNCC3)cc2Br)C1. The Hall–Kier alpha value is -0.380. The van der Waals surface area contributed by atoms with Gasteiger partial charge >= 0.3 is 0 Å². The van der Waals surface area contributed by atoms with Gasteiger partial charge in [-0.25, -0.2) is 0 Å². The lowest BCUT2D eigenvalue weighted by atomic mass is 9.88. The van der Waals surface area contributed by atoms with Crippen molar-refractivity contribution in [3.63, 3.8) is 0 Å². The molecule has 0 saturated carbocycles. The molecule has 0 aromatic heterocycles. The Morgan fingerprint density at radius 1 is 1.16 bits per heavy atom. The Balaban J connectivity index is 1.77. The normalized spacial score (nSPS) is 25.9. The minimum atomic E-state index is 0.710. The molecule has 1 N–H and O–H groups in total. The third-order valence-electron chi connectivity index (χ3n) is 4.67. The predicted molar refractivity (Wildman–Crippen MR) is 83.8 cm³/mol. The van der Waals surface area contributed by atoms with Gasteiger partial charge in [0.1, 0.15) is 0 Å². The minimum Gasteiger partial charge on any atom is -0.317 e. The van der Waals surface area contributed by atoms with E-state index in [1.807, 2.05) is 0 Å². The lowest BCUT2D eigenvalue weighted by molar-refractivity contribution is 0.411. The molecule has 2 aliphatic heterocycles. The lowest BCUT2D eigenvalue weighted by Crippen LogP contribution is -2.26. The first kappa shape index (κ1) is 13.6. The molecule has 3 heteroatoms. The van der Waals surface area contributed by atoms with Crippen LogP contribution in [0.2, 0.25) is 0 Å². The second kappa shape index (κ2) is 5.94. The van der Waals surface area contributed by atoms with Crippen molar-refractivity contribution in [3.8, 4) is 0 Å². The van der Waals surface area contributed by atoms with Crippen LogP contribution in [0.4, 0.5) is 0 Å². The monoisotopic (exact) mass is 322 g/mol. The molecule has 2 saturated heterocycles. The van der Waals surface area contributed by atoms with Gasteiger partial charge < -0.3 is 10.2 Å². The molecule has 0 amide bonds. The van der Waals surface area contributed by atoms with Crippen LogP contribution in [0.25, 0.3) is 0 Å². The van der Waals surface area contributed by atoms with E-state index < -0.39 is 0 Å². The second-order valence-corrected chi connectivity index (χ2v) is 6.91. The number of piperidine rings is 1. The van der Waals surface area contributed by atoms with Gasteiger partial charge in [0.2, 0.25) is 0 Å². The second-order valence-electron chi connectivity index (χ2n) is 6.05. The summed E-state index contributed by atoms with van der Waals surface area (Å²) in [4.78, 5) is 2.43. The van der Waals surface area contributed by atoms with Crippen molar-refractivity contribution in [3.05, 3.63) is 33.8 Å². The van der Waals surface area contributed by atoms with Crippen LogP contribution in [0.1, 0.15) is 42.2 Å². The number of halogens is 1. The third kappa shape index (κ3) is 3.04. The highest BCUT2D eigenvalue weighted by atomic mass is 79.9. The smallest absolute Gasteiger partial charge is 0.0213 e. The quantitative estimate of drug-likeness (QED) is 0.898. The number of hydrogen-bond acceptors (Lipinski definition) is 2. The number of rotatable bonds is 2. The summed E-state index contributed by atoms with van der Waals surface area (Å²) < 4.78 is 1.32. The van der Waals surface area contributed by atoms with E-state index in [1.54, 1.807) is 0 Å². The maximum atomic E-state index is 3.81. The first-order valence-electron chi connectivity index (χ1n) is 7.42. The topological polar surface area (TPSA) is 15.3 Å². The molecule has 1 aromatic rings. The molecule has 1 aromatic carbocycles. The summed E-state index contributed by atoms with van der Waals surface area (Å²) in [6, 6.07) is 7.11. The molecule has 2 fully saturated rings. The Kier molecular flexibility index (Phi) is 4.25. The van der Waals surface area contributed by atoms with E-state index in [1.165, 1.54) is 48.0 Å². The molecular formula is C16H23BrN2. The molecule has 2 heterocycles. The Bertz CT molecular complexity index is 440. The van der Waals surface area contributed by atoms with Gasteiger partial charge in [0, 0.05) is 11.0 Å². The third-order valence-corrected chi connectivity index (χ3v) is 5.35. The van der Waals surface area contributed by atoms with Crippen molar-refractivity contribution < 1.29 is 0 Å². The molecule has 2 aliphatic rings. The van der Waals surface area contributed by atoms with Gasteiger partial charge in [-0.1, -0.05) is 28.1 Å². The molecular weight excluding hydrogens is 300 g/mol. The zero-order valence-corrected chi connectivity index (χ0v) is 13.2. The molecule has 0 radical (unpaired) electrons. The summed E-state index contributed by atoms with van der Waals surface area (Å²) in [7, 11) is 2.22. The highest BCUT2D eigenvalue weighted by molar-refractivity contribution is 9.10. The molecule has 0 spiro atoms. The van der Waals surface area contributed by atoms with Crippen molar-refractivity contribution in [1.29, 1.82) is 0 Å². The number of nitrogens with one attached hydrogen (secondary N) is 1. The van der Waals surface area contributed by atoms with Crippen LogP contribution in [0.15, 0.2) is 22.7 Å². The van der Waals surface area contributed by atoms with Gasteiger partial charge in [0.15, 0.2) is 0 Å². The summed E-state index contributed by atoms with van der Waals surface area (Å²) in [6.45, 7) is 4.76. The predicted octanol–water partition coefficient (Wildman–Crippen LogP) is 3.34. The van der Waals surface area contributed by atoms with Gasteiger partial charge in [0.25, 0.3) is 0 Å². The van der Waals surface area contributed by atoms with E-state index in [0.717, 1.165) is 19.0 Å². The number of likely N-dealkylation sites (tertiary alicyclic amines) is 1. The molecule has 0 aliphatic carbocycles. The van der Waals surface area contributed by atoms with Crippen molar-refractivity contribution >= 4 is 15.9 Å². The molecule has 3 rings (SSSR count). The number of benzene rings is 1. The van der Waals surface area contributed by atoms with Crippen molar-refractivity contribution in [1.82, 2.24) is 10.2 Å². The highest BCUT2D eigenvalue weighted by Gasteiger charge is 2.23. The van der Waals surface area contributed by atoms with Crippen LogP contribution in [0, 0.1) is 0 Å². The minimum absolute atomic E-state index is 0.710. The standard InChI is InChI=1S/C16H23BrN2/c1-19-9-6-14(11-19)15-3-2-13(10-16(15)17)12-4-7-18-8-5-12/h2-3,10,12,14,18H,4-9,11H2,1H3. The van der Waals surface area contributed by atoms with Crippen molar-refractivity contribution in [2.24, 2.45) is 0 Å².